The number of rotatable bonds is 6. The van der Waals surface area contributed by atoms with Gasteiger partial charge in [-0.05, 0) is 57.4 Å². The molecule has 0 aromatic carbocycles. The number of aryl methyl sites for hydroxylation is 2. The predicted octanol–water partition coefficient (Wildman–Crippen LogP) is 1.65. The van der Waals surface area contributed by atoms with Gasteiger partial charge in [-0.15, -0.1) is 0 Å². The second kappa shape index (κ2) is 7.36. The number of hydrogen-bond donors (Lipinski definition) is 1. The molecule has 1 saturated heterocycles. The zero-order chi connectivity index (χ0) is 17.1. The van der Waals surface area contributed by atoms with E-state index in [-0.39, 0.29) is 11.8 Å². The number of piperidine rings is 1. The van der Waals surface area contributed by atoms with E-state index in [0.29, 0.717) is 18.9 Å². The summed E-state index contributed by atoms with van der Waals surface area (Å²) in [6.07, 6.45) is 4.96. The van der Waals surface area contributed by atoms with Crippen molar-refractivity contribution in [2.45, 2.75) is 52.5 Å². The van der Waals surface area contributed by atoms with Crippen LogP contribution in [-0.4, -0.2) is 46.1 Å². The second-order valence-corrected chi connectivity index (χ2v) is 7.36. The molecular formula is C18H28N4O2. The van der Waals surface area contributed by atoms with Crippen molar-refractivity contribution in [3.05, 3.63) is 17.5 Å². The Labute approximate surface area is 143 Å². The quantitative estimate of drug-likeness (QED) is 0.861. The van der Waals surface area contributed by atoms with Gasteiger partial charge in [0.1, 0.15) is 6.54 Å². The molecule has 1 aromatic heterocycles. The number of nitrogens with zero attached hydrogens (tertiary/aromatic N) is 3. The summed E-state index contributed by atoms with van der Waals surface area (Å²) in [5, 5.41) is 7.39. The summed E-state index contributed by atoms with van der Waals surface area (Å²) in [6.45, 7) is 6.57. The Bertz CT molecular complexity index is 598. The first-order valence-electron chi connectivity index (χ1n) is 9.07. The molecule has 6 heteroatoms. The molecule has 24 heavy (non-hydrogen) atoms. The van der Waals surface area contributed by atoms with Gasteiger partial charge < -0.3 is 10.2 Å². The van der Waals surface area contributed by atoms with Gasteiger partial charge in [-0.2, -0.15) is 5.10 Å². The van der Waals surface area contributed by atoms with E-state index in [0.717, 1.165) is 49.8 Å². The summed E-state index contributed by atoms with van der Waals surface area (Å²) in [7, 11) is 0. The van der Waals surface area contributed by atoms with Crippen LogP contribution in [0.3, 0.4) is 0 Å². The highest BCUT2D eigenvalue weighted by atomic mass is 16.2. The third-order valence-electron chi connectivity index (χ3n) is 5.11. The highest BCUT2D eigenvalue weighted by Gasteiger charge is 2.26. The molecule has 0 atom stereocenters. The number of carbonyl (C=O) groups is 2. The lowest BCUT2D eigenvalue weighted by Gasteiger charge is -2.32. The molecule has 1 saturated carbocycles. The van der Waals surface area contributed by atoms with Crippen LogP contribution in [0, 0.1) is 25.7 Å². The van der Waals surface area contributed by atoms with E-state index < -0.39 is 0 Å². The molecule has 1 aromatic rings. The third kappa shape index (κ3) is 4.58. The molecule has 2 heterocycles. The molecular weight excluding hydrogens is 304 g/mol. The lowest BCUT2D eigenvalue weighted by Crippen LogP contribution is -2.41. The molecule has 2 fully saturated rings. The zero-order valence-corrected chi connectivity index (χ0v) is 14.8. The van der Waals surface area contributed by atoms with E-state index in [1.54, 1.807) is 4.68 Å². The third-order valence-corrected chi connectivity index (χ3v) is 5.11. The molecule has 2 amide bonds. The van der Waals surface area contributed by atoms with Gasteiger partial charge in [-0.1, -0.05) is 0 Å². The van der Waals surface area contributed by atoms with Crippen LogP contribution < -0.4 is 5.32 Å². The maximum atomic E-state index is 12.4. The summed E-state index contributed by atoms with van der Waals surface area (Å²) < 4.78 is 1.77. The number of carbonyl (C=O) groups excluding carboxylic acids is 2. The highest BCUT2D eigenvalue weighted by molar-refractivity contribution is 5.77. The van der Waals surface area contributed by atoms with Crippen molar-refractivity contribution in [1.82, 2.24) is 20.0 Å². The van der Waals surface area contributed by atoms with Crippen molar-refractivity contribution in [1.29, 1.82) is 0 Å². The number of aromatic nitrogens is 2. The molecule has 0 spiro atoms. The van der Waals surface area contributed by atoms with Crippen LogP contribution >= 0.6 is 0 Å². The monoisotopic (exact) mass is 332 g/mol. The first-order chi connectivity index (χ1) is 11.5. The predicted molar refractivity (Wildman–Crippen MR) is 91.4 cm³/mol. The van der Waals surface area contributed by atoms with Crippen LogP contribution in [0.4, 0.5) is 0 Å². The molecule has 132 valence electrons. The Morgan fingerprint density at radius 3 is 2.46 bits per heavy atom. The van der Waals surface area contributed by atoms with Crippen molar-refractivity contribution in [2.75, 3.05) is 19.6 Å². The topological polar surface area (TPSA) is 67.2 Å². The second-order valence-electron chi connectivity index (χ2n) is 7.36. The number of hydrogen-bond acceptors (Lipinski definition) is 3. The fraction of sp³-hybridized carbons (Fsp3) is 0.722. The van der Waals surface area contributed by atoms with Crippen LogP contribution in [-0.2, 0) is 16.1 Å². The van der Waals surface area contributed by atoms with Gasteiger partial charge in [0.05, 0.1) is 5.69 Å². The van der Waals surface area contributed by atoms with Crippen LogP contribution in [0.2, 0.25) is 0 Å². The van der Waals surface area contributed by atoms with Gasteiger partial charge in [0.2, 0.25) is 11.8 Å². The normalized spacial score (nSPS) is 18.7. The SMILES string of the molecule is Cc1cc(C)n(CC(=O)N2CCC(CC(=O)NCC3CC3)CC2)n1. The van der Waals surface area contributed by atoms with Crippen molar-refractivity contribution in [2.24, 2.45) is 11.8 Å². The summed E-state index contributed by atoms with van der Waals surface area (Å²) in [5.74, 6) is 1.43. The van der Waals surface area contributed by atoms with Crippen LogP contribution in [0.1, 0.15) is 43.5 Å². The summed E-state index contributed by atoms with van der Waals surface area (Å²) in [4.78, 5) is 26.3. The largest absolute Gasteiger partial charge is 0.356 e. The van der Waals surface area contributed by atoms with Crippen LogP contribution in [0.15, 0.2) is 6.07 Å². The lowest BCUT2D eigenvalue weighted by atomic mass is 9.93. The minimum absolute atomic E-state index is 0.123. The first kappa shape index (κ1) is 17.0. The van der Waals surface area contributed by atoms with E-state index in [4.69, 9.17) is 0 Å². The van der Waals surface area contributed by atoms with Gasteiger partial charge in [0.25, 0.3) is 0 Å². The van der Waals surface area contributed by atoms with Crippen molar-refractivity contribution in [3.63, 3.8) is 0 Å². The number of amides is 2. The van der Waals surface area contributed by atoms with Crippen molar-refractivity contribution < 1.29 is 9.59 Å². The molecule has 1 aliphatic heterocycles. The Morgan fingerprint density at radius 2 is 1.88 bits per heavy atom. The van der Waals surface area contributed by atoms with E-state index in [9.17, 15) is 9.59 Å². The molecule has 3 rings (SSSR count). The Hall–Kier alpha value is -1.85. The Kier molecular flexibility index (Phi) is 5.21. The van der Waals surface area contributed by atoms with Crippen molar-refractivity contribution in [3.8, 4) is 0 Å². The fourth-order valence-corrected chi connectivity index (χ4v) is 3.36. The Morgan fingerprint density at radius 1 is 1.17 bits per heavy atom. The average molecular weight is 332 g/mol. The van der Waals surface area contributed by atoms with E-state index >= 15 is 0 Å². The molecule has 6 nitrogen and oxygen atoms in total. The van der Waals surface area contributed by atoms with Gasteiger partial charge in [0, 0.05) is 31.7 Å². The summed E-state index contributed by atoms with van der Waals surface area (Å²) in [5.41, 5.74) is 1.96. The molecule has 0 unspecified atom stereocenters. The summed E-state index contributed by atoms with van der Waals surface area (Å²) >= 11 is 0. The Balaban J connectivity index is 1.40. The minimum atomic E-state index is 0.123. The highest BCUT2D eigenvalue weighted by Crippen LogP contribution is 2.28. The zero-order valence-electron chi connectivity index (χ0n) is 14.8. The van der Waals surface area contributed by atoms with Crippen LogP contribution in [0.25, 0.3) is 0 Å². The molecule has 1 aliphatic carbocycles. The van der Waals surface area contributed by atoms with Gasteiger partial charge in [-0.3, -0.25) is 14.3 Å². The summed E-state index contributed by atoms with van der Waals surface area (Å²) in [6, 6.07) is 1.99. The molecule has 2 aliphatic rings. The smallest absolute Gasteiger partial charge is 0.244 e. The maximum Gasteiger partial charge on any atom is 0.244 e. The number of likely N-dealkylation sites (tertiary alicyclic amines) is 1. The standard InChI is InChI=1S/C18H28N4O2/c1-13-9-14(2)22(20-13)12-18(24)21-7-5-15(6-8-21)10-17(23)19-11-16-3-4-16/h9,15-16H,3-8,10-12H2,1-2H3,(H,19,23). The lowest BCUT2D eigenvalue weighted by molar-refractivity contribution is -0.133. The molecule has 0 bridgehead atoms. The van der Waals surface area contributed by atoms with Crippen LogP contribution in [0.5, 0.6) is 0 Å². The van der Waals surface area contributed by atoms with Gasteiger partial charge in [-0.25, -0.2) is 0 Å². The molecule has 1 N–H and O–H groups in total. The average Bonchev–Trinajstić information content (AvgIpc) is 3.32. The maximum absolute atomic E-state index is 12.4. The van der Waals surface area contributed by atoms with Gasteiger partial charge in [0.15, 0.2) is 0 Å². The number of nitrogens with one attached hydrogen (secondary N) is 1. The van der Waals surface area contributed by atoms with E-state index in [2.05, 4.69) is 10.4 Å². The van der Waals surface area contributed by atoms with E-state index in [1.807, 2.05) is 24.8 Å². The van der Waals surface area contributed by atoms with Gasteiger partial charge >= 0.3 is 0 Å². The van der Waals surface area contributed by atoms with E-state index in [1.165, 1.54) is 12.8 Å². The molecule has 0 radical (unpaired) electrons. The minimum Gasteiger partial charge on any atom is -0.356 e. The fourth-order valence-electron chi connectivity index (χ4n) is 3.36. The first-order valence-corrected chi connectivity index (χ1v) is 9.07. The van der Waals surface area contributed by atoms with Crippen molar-refractivity contribution >= 4 is 11.8 Å².